The second-order valence-corrected chi connectivity index (χ2v) is 6.73. The Bertz CT molecular complexity index is 646. The van der Waals surface area contributed by atoms with Crippen LogP contribution in [0.3, 0.4) is 0 Å². The molecule has 1 aromatic carbocycles. The summed E-state index contributed by atoms with van der Waals surface area (Å²) in [5.41, 5.74) is 12.7. The van der Waals surface area contributed by atoms with Gasteiger partial charge in [0, 0.05) is 19.6 Å². The molecule has 27 heavy (non-hydrogen) atoms. The predicted molar refractivity (Wildman–Crippen MR) is 109 cm³/mol. The van der Waals surface area contributed by atoms with Gasteiger partial charge in [0.15, 0.2) is 11.5 Å². The predicted octanol–water partition coefficient (Wildman–Crippen LogP) is 2.52. The van der Waals surface area contributed by atoms with Gasteiger partial charge in [-0.25, -0.2) is 4.99 Å². The first-order valence-corrected chi connectivity index (χ1v) is 9.56. The first kappa shape index (κ1) is 21.0. The molecule has 0 spiro atoms. The average Bonchev–Trinajstić information content (AvgIpc) is 2.66. The zero-order valence-corrected chi connectivity index (χ0v) is 16.4. The molecule has 4 N–H and O–H groups in total. The maximum atomic E-state index is 5.99. The van der Waals surface area contributed by atoms with Crippen LogP contribution in [0.1, 0.15) is 37.7 Å². The fourth-order valence-corrected chi connectivity index (χ4v) is 3.03. The maximum absolute atomic E-state index is 5.99. The highest BCUT2D eigenvalue weighted by Gasteiger charge is 2.19. The fourth-order valence-electron chi connectivity index (χ4n) is 3.03. The molecule has 1 aliphatic rings. The number of guanidine groups is 1. The summed E-state index contributed by atoms with van der Waals surface area (Å²) < 4.78 is 16.5. The number of amidine groups is 1. The van der Waals surface area contributed by atoms with Gasteiger partial charge in [0.05, 0.1) is 20.3 Å². The molecule has 7 nitrogen and oxygen atoms in total. The van der Waals surface area contributed by atoms with E-state index in [-0.39, 0.29) is 11.9 Å². The van der Waals surface area contributed by atoms with E-state index < -0.39 is 0 Å². The normalized spacial score (nSPS) is 16.6. The molecule has 1 atom stereocenters. The van der Waals surface area contributed by atoms with Crippen LogP contribution in [0.4, 0.5) is 0 Å². The van der Waals surface area contributed by atoms with Crippen molar-refractivity contribution in [3.8, 4) is 11.5 Å². The minimum atomic E-state index is 0.0608. The lowest BCUT2D eigenvalue weighted by atomic mass is 9.97. The summed E-state index contributed by atoms with van der Waals surface area (Å²) in [6.45, 7) is 2.08. The molecule has 7 heteroatoms. The van der Waals surface area contributed by atoms with Crippen molar-refractivity contribution < 1.29 is 14.2 Å². The Morgan fingerprint density at radius 2 is 1.74 bits per heavy atom. The molecule has 1 heterocycles. The van der Waals surface area contributed by atoms with Gasteiger partial charge in [-0.3, -0.25) is 4.99 Å². The van der Waals surface area contributed by atoms with E-state index in [4.69, 9.17) is 25.7 Å². The monoisotopic (exact) mass is 376 g/mol. The summed E-state index contributed by atoms with van der Waals surface area (Å²) in [5, 5.41) is 0. The Labute approximate surface area is 161 Å². The highest BCUT2D eigenvalue weighted by atomic mass is 16.5. The van der Waals surface area contributed by atoms with Gasteiger partial charge >= 0.3 is 0 Å². The smallest absolute Gasteiger partial charge is 0.217 e. The molecule has 0 bridgehead atoms. The van der Waals surface area contributed by atoms with E-state index >= 15 is 0 Å². The van der Waals surface area contributed by atoms with Crippen LogP contribution >= 0.6 is 0 Å². The average molecular weight is 377 g/mol. The summed E-state index contributed by atoms with van der Waals surface area (Å²) >= 11 is 0. The van der Waals surface area contributed by atoms with E-state index in [1.807, 2.05) is 18.2 Å². The summed E-state index contributed by atoms with van der Waals surface area (Å²) in [5.74, 6) is 2.36. The number of unbranched alkanes of at least 4 members (excludes halogenated alkanes) is 4. The first-order chi connectivity index (χ1) is 13.1. The molecule has 1 unspecified atom stereocenters. The van der Waals surface area contributed by atoms with Gasteiger partial charge in [0.1, 0.15) is 5.84 Å². The zero-order chi connectivity index (χ0) is 19.5. The number of hydrogen-bond donors (Lipinski definition) is 2. The minimum Gasteiger partial charge on any atom is -0.493 e. The lowest BCUT2D eigenvalue weighted by molar-refractivity contribution is 0.191. The number of nitrogens with two attached hydrogens (primary N) is 2. The van der Waals surface area contributed by atoms with Crippen molar-refractivity contribution in [2.24, 2.45) is 27.4 Å². The number of aliphatic imine (C=N–C) groups is 2. The van der Waals surface area contributed by atoms with Crippen LogP contribution in [0.5, 0.6) is 11.5 Å². The molecule has 0 saturated carbocycles. The Balaban J connectivity index is 1.83. The third kappa shape index (κ3) is 7.09. The van der Waals surface area contributed by atoms with Crippen LogP contribution in [0.2, 0.25) is 0 Å². The number of rotatable bonds is 12. The topological polar surface area (TPSA) is 104 Å². The number of benzene rings is 1. The quantitative estimate of drug-likeness (QED) is 0.545. The van der Waals surface area contributed by atoms with Crippen molar-refractivity contribution in [3.05, 3.63) is 23.8 Å². The van der Waals surface area contributed by atoms with Crippen LogP contribution in [0.15, 0.2) is 28.2 Å². The molecular formula is C20H32N4O3. The van der Waals surface area contributed by atoms with Gasteiger partial charge in [-0.2, -0.15) is 0 Å². The first-order valence-electron chi connectivity index (χ1n) is 9.56. The van der Waals surface area contributed by atoms with Gasteiger partial charge in [0.2, 0.25) is 5.96 Å². The summed E-state index contributed by atoms with van der Waals surface area (Å²) in [4.78, 5) is 8.25. The van der Waals surface area contributed by atoms with E-state index in [0.29, 0.717) is 19.0 Å². The van der Waals surface area contributed by atoms with Crippen molar-refractivity contribution >= 4 is 11.8 Å². The maximum Gasteiger partial charge on any atom is 0.217 e. The standard InChI is InChI=1S/C20H32N4O3/c1-25-10-6-4-3-5-7-11-27-18-13-15(8-9-17(18)26-2)12-16-14-23-20(22)24-19(16)21/h8-9,13,16H,3-7,10-12,14H2,1-2H3,(H4,21,22,23,24). The van der Waals surface area contributed by atoms with Gasteiger partial charge in [-0.15, -0.1) is 0 Å². The van der Waals surface area contributed by atoms with E-state index in [1.54, 1.807) is 14.2 Å². The third-order valence-electron chi connectivity index (χ3n) is 4.60. The van der Waals surface area contributed by atoms with Crippen molar-refractivity contribution in [2.45, 2.75) is 38.5 Å². The van der Waals surface area contributed by atoms with Crippen LogP contribution in [0.25, 0.3) is 0 Å². The Hall–Kier alpha value is -2.28. The van der Waals surface area contributed by atoms with Crippen LogP contribution < -0.4 is 20.9 Å². The Kier molecular flexibility index (Phi) is 8.91. The molecule has 0 amide bonds. The van der Waals surface area contributed by atoms with Gasteiger partial charge in [-0.1, -0.05) is 25.3 Å². The van der Waals surface area contributed by atoms with E-state index in [2.05, 4.69) is 9.98 Å². The highest BCUT2D eigenvalue weighted by molar-refractivity contribution is 5.97. The van der Waals surface area contributed by atoms with Crippen molar-refractivity contribution in [3.63, 3.8) is 0 Å². The van der Waals surface area contributed by atoms with Crippen molar-refractivity contribution in [1.82, 2.24) is 0 Å². The van der Waals surface area contributed by atoms with Crippen LogP contribution in [-0.4, -0.2) is 45.8 Å². The SMILES string of the molecule is COCCCCCCCOc1cc(CC2CN=C(N)N=C2N)ccc1OC. The highest BCUT2D eigenvalue weighted by Crippen LogP contribution is 2.29. The molecular weight excluding hydrogens is 344 g/mol. The van der Waals surface area contributed by atoms with E-state index in [0.717, 1.165) is 49.4 Å². The van der Waals surface area contributed by atoms with E-state index in [1.165, 1.54) is 12.8 Å². The van der Waals surface area contributed by atoms with Gasteiger partial charge in [0.25, 0.3) is 0 Å². The number of hydrogen-bond acceptors (Lipinski definition) is 7. The molecule has 0 fully saturated rings. The Morgan fingerprint density at radius 3 is 2.44 bits per heavy atom. The molecule has 0 saturated heterocycles. The van der Waals surface area contributed by atoms with Gasteiger partial charge < -0.3 is 25.7 Å². The lowest BCUT2D eigenvalue weighted by Gasteiger charge is -2.19. The summed E-state index contributed by atoms with van der Waals surface area (Å²) in [6, 6.07) is 5.98. The molecule has 1 aliphatic heterocycles. The molecule has 0 aliphatic carbocycles. The lowest BCUT2D eigenvalue weighted by Crippen LogP contribution is -2.34. The van der Waals surface area contributed by atoms with Gasteiger partial charge in [-0.05, 0) is 37.0 Å². The van der Waals surface area contributed by atoms with Crippen molar-refractivity contribution in [1.29, 1.82) is 0 Å². The number of methoxy groups -OCH3 is 2. The largest absolute Gasteiger partial charge is 0.493 e. The Morgan fingerprint density at radius 1 is 1.00 bits per heavy atom. The third-order valence-corrected chi connectivity index (χ3v) is 4.60. The van der Waals surface area contributed by atoms with Crippen LogP contribution in [-0.2, 0) is 11.2 Å². The molecule has 150 valence electrons. The molecule has 1 aromatic rings. The molecule has 0 aromatic heterocycles. The fraction of sp³-hybridized carbons (Fsp3) is 0.600. The van der Waals surface area contributed by atoms with E-state index in [9.17, 15) is 0 Å². The molecule has 0 radical (unpaired) electrons. The van der Waals surface area contributed by atoms with Crippen LogP contribution in [0, 0.1) is 5.92 Å². The minimum absolute atomic E-state index is 0.0608. The number of ether oxygens (including phenoxy) is 3. The van der Waals surface area contributed by atoms with Crippen molar-refractivity contribution in [2.75, 3.05) is 34.0 Å². The summed E-state index contributed by atoms with van der Waals surface area (Å²) in [7, 11) is 3.40. The second kappa shape index (κ2) is 11.4. The number of nitrogens with zero attached hydrogens (tertiary/aromatic N) is 2. The second-order valence-electron chi connectivity index (χ2n) is 6.73. The summed E-state index contributed by atoms with van der Waals surface area (Å²) in [6.07, 6.45) is 6.44. The molecule has 2 rings (SSSR count). The zero-order valence-electron chi connectivity index (χ0n) is 16.4.